The lowest BCUT2D eigenvalue weighted by molar-refractivity contribution is -0.124. The molecule has 18 heavy (non-hydrogen) atoms. The van der Waals surface area contributed by atoms with Gasteiger partial charge in [0.1, 0.15) is 11.6 Å². The Morgan fingerprint density at radius 3 is 2.78 bits per heavy atom. The Kier molecular flexibility index (Phi) is 4.67. The lowest BCUT2D eigenvalue weighted by Gasteiger charge is -2.25. The summed E-state index contributed by atoms with van der Waals surface area (Å²) in [5, 5.41) is 2.86. The average molecular weight is 254 g/mol. The maximum Gasteiger partial charge on any atom is 0.237 e. The van der Waals surface area contributed by atoms with Crippen LogP contribution in [0.1, 0.15) is 18.9 Å². The number of halogens is 1. The van der Waals surface area contributed by atoms with Gasteiger partial charge in [-0.15, -0.1) is 0 Å². The van der Waals surface area contributed by atoms with Gasteiger partial charge in [-0.1, -0.05) is 6.07 Å². The number of rotatable bonds is 6. The third-order valence-corrected chi connectivity index (χ3v) is 3.11. The zero-order valence-corrected chi connectivity index (χ0v) is 10.9. The minimum absolute atomic E-state index is 0.282. The fourth-order valence-electron chi connectivity index (χ4n) is 1.47. The van der Waals surface area contributed by atoms with Gasteiger partial charge in [0.2, 0.25) is 5.91 Å². The Bertz CT molecular complexity index is 437. The van der Waals surface area contributed by atoms with E-state index in [9.17, 15) is 9.18 Å². The normalized spacial score (nSPS) is 14.0. The number of amides is 1. The first kappa shape index (κ1) is 14.4. The summed E-state index contributed by atoms with van der Waals surface area (Å²) < 4.78 is 18.5. The Hall–Kier alpha value is -1.62. The average Bonchev–Trinajstić information content (AvgIpc) is 2.33. The molecule has 1 atom stereocenters. The van der Waals surface area contributed by atoms with Crippen LogP contribution in [0.4, 0.5) is 4.39 Å². The Morgan fingerprint density at radius 2 is 2.22 bits per heavy atom. The molecule has 4 nitrogen and oxygen atoms in total. The summed E-state index contributed by atoms with van der Waals surface area (Å²) in [6.07, 6.45) is 0.411. The number of carbonyl (C=O) groups excluding carboxylic acids is 1. The number of hydrogen-bond donors (Lipinski definition) is 2. The van der Waals surface area contributed by atoms with Gasteiger partial charge in [-0.3, -0.25) is 4.79 Å². The van der Waals surface area contributed by atoms with Gasteiger partial charge in [0.25, 0.3) is 0 Å². The molecule has 5 heteroatoms. The first-order valence-electron chi connectivity index (χ1n) is 5.77. The lowest BCUT2D eigenvalue weighted by Crippen LogP contribution is -2.52. The topological polar surface area (TPSA) is 64.3 Å². The van der Waals surface area contributed by atoms with Crippen LogP contribution in [0.2, 0.25) is 0 Å². The molecular formula is C13H19FN2O2. The van der Waals surface area contributed by atoms with E-state index in [1.54, 1.807) is 20.0 Å². The molecule has 0 aromatic heterocycles. The zero-order chi connectivity index (χ0) is 13.8. The van der Waals surface area contributed by atoms with Gasteiger partial charge >= 0.3 is 0 Å². The van der Waals surface area contributed by atoms with Crippen molar-refractivity contribution in [3.05, 3.63) is 29.6 Å². The maximum atomic E-state index is 13.0. The number of ether oxygens (including phenoxy) is 1. The van der Waals surface area contributed by atoms with Crippen LogP contribution in [-0.4, -0.2) is 25.1 Å². The van der Waals surface area contributed by atoms with E-state index in [4.69, 9.17) is 10.5 Å². The van der Waals surface area contributed by atoms with Crippen LogP contribution in [0, 0.1) is 12.7 Å². The Labute approximate surface area is 106 Å². The van der Waals surface area contributed by atoms with E-state index in [-0.39, 0.29) is 12.4 Å². The molecule has 1 amide bonds. The zero-order valence-electron chi connectivity index (χ0n) is 10.9. The summed E-state index contributed by atoms with van der Waals surface area (Å²) in [4.78, 5) is 11.3. The predicted octanol–water partition coefficient (Wildman–Crippen LogP) is 1.37. The quantitative estimate of drug-likeness (QED) is 0.805. The Balaban J connectivity index is 2.61. The molecule has 0 fully saturated rings. The fraction of sp³-hybridized carbons (Fsp3) is 0.462. The molecular weight excluding hydrogens is 235 g/mol. The summed E-state index contributed by atoms with van der Waals surface area (Å²) in [7, 11) is 1.66. The van der Waals surface area contributed by atoms with Crippen LogP contribution in [0.3, 0.4) is 0 Å². The first-order chi connectivity index (χ1) is 8.39. The van der Waals surface area contributed by atoms with E-state index in [0.29, 0.717) is 12.2 Å². The second-order valence-electron chi connectivity index (χ2n) is 4.45. The van der Waals surface area contributed by atoms with Crippen molar-refractivity contribution in [1.82, 2.24) is 5.32 Å². The van der Waals surface area contributed by atoms with E-state index >= 15 is 0 Å². The summed E-state index contributed by atoms with van der Waals surface area (Å²) in [6.45, 7) is 3.82. The third-order valence-electron chi connectivity index (χ3n) is 3.11. The van der Waals surface area contributed by atoms with Crippen molar-refractivity contribution < 1.29 is 13.9 Å². The van der Waals surface area contributed by atoms with Crippen molar-refractivity contribution in [2.45, 2.75) is 25.8 Å². The monoisotopic (exact) mass is 254 g/mol. The fourth-order valence-corrected chi connectivity index (χ4v) is 1.47. The molecule has 0 aliphatic rings. The number of benzene rings is 1. The molecule has 0 spiro atoms. The standard InChI is InChI=1S/C13H19FN2O2/c1-9-4-5-10(14)8-11(9)18-7-6-13(2,16-3)12(15)17/h4-5,8,16H,6-7H2,1-3H3,(H2,15,17). The van der Waals surface area contributed by atoms with Gasteiger partial charge in [0.15, 0.2) is 0 Å². The molecule has 3 N–H and O–H groups in total. The van der Waals surface area contributed by atoms with Crippen molar-refractivity contribution in [1.29, 1.82) is 0 Å². The van der Waals surface area contributed by atoms with Crippen molar-refractivity contribution in [3.8, 4) is 5.75 Å². The van der Waals surface area contributed by atoms with Crippen molar-refractivity contribution in [2.24, 2.45) is 5.73 Å². The number of likely N-dealkylation sites (N-methyl/N-ethyl adjacent to an activating group) is 1. The molecule has 0 aliphatic heterocycles. The van der Waals surface area contributed by atoms with Gasteiger partial charge in [-0.25, -0.2) is 4.39 Å². The van der Waals surface area contributed by atoms with E-state index in [1.807, 2.05) is 6.92 Å². The molecule has 0 heterocycles. The Morgan fingerprint density at radius 1 is 1.56 bits per heavy atom. The number of hydrogen-bond acceptors (Lipinski definition) is 3. The number of carbonyl (C=O) groups is 1. The minimum atomic E-state index is -0.818. The summed E-state index contributed by atoms with van der Waals surface area (Å²) in [6, 6.07) is 4.36. The van der Waals surface area contributed by atoms with Crippen LogP contribution < -0.4 is 15.8 Å². The van der Waals surface area contributed by atoms with Gasteiger partial charge < -0.3 is 15.8 Å². The van der Waals surface area contributed by atoms with E-state index < -0.39 is 11.4 Å². The van der Waals surface area contributed by atoms with Crippen molar-refractivity contribution in [2.75, 3.05) is 13.7 Å². The molecule has 0 bridgehead atoms. The molecule has 1 aromatic rings. The third kappa shape index (κ3) is 3.43. The second-order valence-corrected chi connectivity index (χ2v) is 4.45. The number of primary amides is 1. The second kappa shape index (κ2) is 5.82. The van der Waals surface area contributed by atoms with Gasteiger partial charge in [0.05, 0.1) is 12.1 Å². The summed E-state index contributed by atoms with van der Waals surface area (Å²) in [5.41, 5.74) is 5.33. The predicted molar refractivity (Wildman–Crippen MR) is 67.9 cm³/mol. The van der Waals surface area contributed by atoms with E-state index in [0.717, 1.165) is 5.56 Å². The van der Waals surface area contributed by atoms with Crippen LogP contribution in [0.15, 0.2) is 18.2 Å². The minimum Gasteiger partial charge on any atom is -0.493 e. The van der Waals surface area contributed by atoms with Crippen LogP contribution in [0.25, 0.3) is 0 Å². The number of nitrogens with one attached hydrogen (secondary N) is 1. The molecule has 0 aliphatic carbocycles. The SMILES string of the molecule is CNC(C)(CCOc1cc(F)ccc1C)C(N)=O. The highest BCUT2D eigenvalue weighted by Crippen LogP contribution is 2.19. The summed E-state index contributed by atoms with van der Waals surface area (Å²) >= 11 is 0. The van der Waals surface area contributed by atoms with Crippen molar-refractivity contribution in [3.63, 3.8) is 0 Å². The van der Waals surface area contributed by atoms with E-state index in [1.165, 1.54) is 12.1 Å². The van der Waals surface area contributed by atoms with Crippen LogP contribution in [0.5, 0.6) is 5.75 Å². The molecule has 100 valence electrons. The molecule has 1 aromatic carbocycles. The smallest absolute Gasteiger partial charge is 0.237 e. The summed E-state index contributed by atoms with van der Waals surface area (Å²) in [5.74, 6) is -0.302. The highest BCUT2D eigenvalue weighted by Gasteiger charge is 2.28. The maximum absolute atomic E-state index is 13.0. The molecule has 1 unspecified atom stereocenters. The number of aryl methyl sites for hydroxylation is 1. The molecule has 0 saturated carbocycles. The highest BCUT2D eigenvalue weighted by molar-refractivity contribution is 5.84. The van der Waals surface area contributed by atoms with E-state index in [2.05, 4.69) is 5.32 Å². The van der Waals surface area contributed by atoms with Gasteiger partial charge in [-0.2, -0.15) is 0 Å². The molecule has 0 saturated heterocycles. The number of nitrogens with two attached hydrogens (primary N) is 1. The first-order valence-corrected chi connectivity index (χ1v) is 5.77. The van der Waals surface area contributed by atoms with Crippen LogP contribution in [-0.2, 0) is 4.79 Å². The highest BCUT2D eigenvalue weighted by atomic mass is 19.1. The lowest BCUT2D eigenvalue weighted by atomic mass is 9.98. The molecule has 1 rings (SSSR count). The van der Waals surface area contributed by atoms with Crippen molar-refractivity contribution >= 4 is 5.91 Å². The molecule has 0 radical (unpaired) electrons. The van der Waals surface area contributed by atoms with Crippen LogP contribution >= 0.6 is 0 Å². The van der Waals surface area contributed by atoms with Gasteiger partial charge in [0, 0.05) is 12.5 Å². The van der Waals surface area contributed by atoms with Gasteiger partial charge in [-0.05, 0) is 32.5 Å². The largest absolute Gasteiger partial charge is 0.493 e.